The Labute approximate surface area is 110 Å². The van der Waals surface area contributed by atoms with Crippen LogP contribution in [-0.2, 0) is 0 Å². The number of benzene rings is 1. The molecule has 0 bridgehead atoms. The van der Waals surface area contributed by atoms with Gasteiger partial charge in [-0.05, 0) is 24.3 Å². The fourth-order valence-corrected chi connectivity index (χ4v) is 1.92. The van der Waals surface area contributed by atoms with Gasteiger partial charge >= 0.3 is 0 Å². The summed E-state index contributed by atoms with van der Waals surface area (Å²) in [6.07, 6.45) is 1.67. The second-order valence-corrected chi connectivity index (χ2v) is 4.00. The minimum Gasteiger partial charge on any atom is -0.494 e. The number of anilines is 1. The molecule has 0 saturated heterocycles. The highest BCUT2D eigenvalue weighted by Crippen LogP contribution is 2.30. The molecular weight excluding hydrogens is 240 g/mol. The minimum atomic E-state index is 0.343. The number of fused-ring (bicyclic) bond motifs is 1. The third-order valence-electron chi connectivity index (χ3n) is 2.81. The Morgan fingerprint density at radius 3 is 2.42 bits per heavy atom. The van der Waals surface area contributed by atoms with Crippen molar-refractivity contribution >= 4 is 16.9 Å². The Morgan fingerprint density at radius 2 is 1.68 bits per heavy atom. The monoisotopic (exact) mass is 252 g/mol. The molecule has 3 aromatic rings. The molecule has 0 atom stereocenters. The molecule has 0 aliphatic rings. The van der Waals surface area contributed by atoms with E-state index >= 15 is 0 Å². The van der Waals surface area contributed by atoms with E-state index in [0.29, 0.717) is 23.0 Å². The number of rotatable bonds is 2. The molecule has 0 unspecified atom stereocenters. The topological polar surface area (TPSA) is 73.9 Å². The highest BCUT2D eigenvalue weighted by Gasteiger charge is 2.13. The summed E-state index contributed by atoms with van der Waals surface area (Å²) in [5.41, 5.74) is 8.65. The van der Waals surface area contributed by atoms with Crippen molar-refractivity contribution in [2.45, 2.75) is 0 Å². The lowest BCUT2D eigenvalue weighted by Crippen LogP contribution is -2.01. The van der Waals surface area contributed by atoms with Gasteiger partial charge in [-0.15, -0.1) is 0 Å². The van der Waals surface area contributed by atoms with E-state index < -0.39 is 0 Å². The summed E-state index contributed by atoms with van der Waals surface area (Å²) in [5, 5.41) is 0. The molecule has 1 aromatic carbocycles. The van der Waals surface area contributed by atoms with E-state index in [9.17, 15) is 0 Å². The third kappa shape index (κ3) is 1.95. The van der Waals surface area contributed by atoms with E-state index in [1.54, 1.807) is 19.4 Å². The van der Waals surface area contributed by atoms with Gasteiger partial charge in [0.05, 0.1) is 18.1 Å². The van der Waals surface area contributed by atoms with Gasteiger partial charge in [-0.25, -0.2) is 9.97 Å². The lowest BCUT2D eigenvalue weighted by atomic mass is 10.2. The Balaban J connectivity index is 2.27. The van der Waals surface area contributed by atoms with Crippen molar-refractivity contribution in [3.63, 3.8) is 0 Å². The van der Waals surface area contributed by atoms with Crippen LogP contribution in [0.5, 0.6) is 5.75 Å². The predicted octanol–water partition coefficient (Wildman–Crippen LogP) is 2.28. The number of ether oxygens (including phenoxy) is 1. The van der Waals surface area contributed by atoms with Gasteiger partial charge in [-0.3, -0.25) is 4.98 Å². The largest absolute Gasteiger partial charge is 0.494 e. The maximum absolute atomic E-state index is 5.97. The molecule has 0 aliphatic carbocycles. The number of hydrogen-bond acceptors (Lipinski definition) is 5. The van der Waals surface area contributed by atoms with Crippen LogP contribution in [0.25, 0.3) is 22.4 Å². The average Bonchev–Trinajstić information content (AvgIpc) is 2.46. The number of pyridine rings is 1. The van der Waals surface area contributed by atoms with Crippen molar-refractivity contribution < 1.29 is 4.74 Å². The highest BCUT2D eigenvalue weighted by molar-refractivity contribution is 5.82. The van der Waals surface area contributed by atoms with E-state index in [1.807, 2.05) is 30.3 Å². The number of methoxy groups -OCH3 is 1. The second kappa shape index (κ2) is 4.53. The maximum atomic E-state index is 5.97. The van der Waals surface area contributed by atoms with Crippen molar-refractivity contribution in [1.82, 2.24) is 15.0 Å². The van der Waals surface area contributed by atoms with Gasteiger partial charge in [0, 0.05) is 6.20 Å². The van der Waals surface area contributed by atoms with E-state index in [2.05, 4.69) is 15.0 Å². The number of hydrogen-bond donors (Lipinski definition) is 1. The molecule has 0 spiro atoms. The van der Waals surface area contributed by atoms with Crippen LogP contribution >= 0.6 is 0 Å². The first-order valence-electron chi connectivity index (χ1n) is 5.81. The van der Waals surface area contributed by atoms with Crippen LogP contribution in [0.3, 0.4) is 0 Å². The summed E-state index contributed by atoms with van der Waals surface area (Å²) >= 11 is 0. The van der Waals surface area contributed by atoms with Crippen molar-refractivity contribution in [2.24, 2.45) is 0 Å². The molecule has 5 heteroatoms. The van der Waals surface area contributed by atoms with Crippen molar-refractivity contribution in [3.05, 3.63) is 42.6 Å². The Hall–Kier alpha value is -2.69. The molecule has 2 N–H and O–H groups in total. The summed E-state index contributed by atoms with van der Waals surface area (Å²) < 4.78 is 5.28. The number of nitrogen functional groups attached to an aromatic ring is 1. The number of para-hydroxylation sites is 2. The van der Waals surface area contributed by atoms with Crippen LogP contribution in [0.1, 0.15) is 0 Å². The molecule has 0 amide bonds. The number of nitrogens with two attached hydrogens (primary N) is 1. The van der Waals surface area contributed by atoms with Gasteiger partial charge in [-0.2, -0.15) is 0 Å². The maximum Gasteiger partial charge on any atom is 0.152 e. The van der Waals surface area contributed by atoms with Crippen LogP contribution in [0.15, 0.2) is 42.6 Å². The Morgan fingerprint density at radius 1 is 0.947 bits per heavy atom. The molecule has 2 aromatic heterocycles. The molecular formula is C14H12N4O. The first kappa shape index (κ1) is 11.4. The second-order valence-electron chi connectivity index (χ2n) is 4.00. The highest BCUT2D eigenvalue weighted by atomic mass is 16.5. The van der Waals surface area contributed by atoms with E-state index in [-0.39, 0.29) is 0 Å². The molecule has 5 nitrogen and oxygen atoms in total. The van der Waals surface area contributed by atoms with E-state index in [4.69, 9.17) is 10.5 Å². The normalized spacial score (nSPS) is 10.6. The minimum absolute atomic E-state index is 0.343. The van der Waals surface area contributed by atoms with E-state index in [1.165, 1.54) is 0 Å². The van der Waals surface area contributed by atoms with Crippen molar-refractivity contribution in [1.29, 1.82) is 0 Å². The van der Waals surface area contributed by atoms with Crippen LogP contribution < -0.4 is 10.5 Å². The van der Waals surface area contributed by atoms with Crippen molar-refractivity contribution in [3.8, 4) is 17.1 Å². The van der Waals surface area contributed by atoms with Gasteiger partial charge in [-0.1, -0.05) is 12.1 Å². The Bertz CT molecular complexity index is 742. The summed E-state index contributed by atoms with van der Waals surface area (Å²) in [6.45, 7) is 0. The quantitative estimate of drug-likeness (QED) is 0.757. The van der Waals surface area contributed by atoms with Crippen LogP contribution in [-0.4, -0.2) is 22.1 Å². The Kier molecular flexibility index (Phi) is 2.72. The van der Waals surface area contributed by atoms with E-state index in [0.717, 1.165) is 11.0 Å². The predicted molar refractivity (Wildman–Crippen MR) is 73.7 cm³/mol. The molecule has 0 radical (unpaired) electrons. The first-order valence-corrected chi connectivity index (χ1v) is 5.81. The molecule has 0 aliphatic heterocycles. The molecule has 19 heavy (non-hydrogen) atoms. The van der Waals surface area contributed by atoms with Gasteiger partial charge in [0.25, 0.3) is 0 Å². The van der Waals surface area contributed by atoms with Gasteiger partial charge in [0.15, 0.2) is 5.82 Å². The van der Waals surface area contributed by atoms with Crippen LogP contribution in [0.2, 0.25) is 0 Å². The smallest absolute Gasteiger partial charge is 0.152 e. The standard InChI is InChI=1S/C14H12N4O/c1-19-11-7-4-8-16-12(11)13-14(15)18-10-6-3-2-5-9(10)17-13/h2-8H,1H3,(H2,15,18). The fourth-order valence-electron chi connectivity index (χ4n) is 1.92. The molecule has 0 saturated carbocycles. The van der Waals surface area contributed by atoms with Gasteiger partial charge in [0.1, 0.15) is 17.1 Å². The SMILES string of the molecule is COc1cccnc1-c1nc2ccccc2nc1N. The summed E-state index contributed by atoms with van der Waals surface area (Å²) in [6, 6.07) is 11.2. The van der Waals surface area contributed by atoms with Gasteiger partial charge < -0.3 is 10.5 Å². The van der Waals surface area contributed by atoms with Crippen LogP contribution in [0, 0.1) is 0 Å². The number of aromatic nitrogens is 3. The lowest BCUT2D eigenvalue weighted by Gasteiger charge is -2.09. The molecule has 2 heterocycles. The lowest BCUT2D eigenvalue weighted by molar-refractivity contribution is 0.414. The average molecular weight is 252 g/mol. The van der Waals surface area contributed by atoms with Gasteiger partial charge in [0.2, 0.25) is 0 Å². The first-order chi connectivity index (χ1) is 9.29. The molecule has 3 rings (SSSR count). The zero-order valence-corrected chi connectivity index (χ0v) is 10.4. The zero-order chi connectivity index (χ0) is 13.2. The molecule has 0 fully saturated rings. The molecule has 94 valence electrons. The zero-order valence-electron chi connectivity index (χ0n) is 10.4. The summed E-state index contributed by atoms with van der Waals surface area (Å²) in [5.74, 6) is 0.967. The number of nitrogens with zero attached hydrogens (tertiary/aromatic N) is 3. The summed E-state index contributed by atoms with van der Waals surface area (Å²) in [4.78, 5) is 13.2. The third-order valence-corrected chi connectivity index (χ3v) is 2.81. The van der Waals surface area contributed by atoms with Crippen LogP contribution in [0.4, 0.5) is 5.82 Å². The fraction of sp³-hybridized carbons (Fsp3) is 0.0714. The van der Waals surface area contributed by atoms with Crippen molar-refractivity contribution in [2.75, 3.05) is 12.8 Å². The summed E-state index contributed by atoms with van der Waals surface area (Å²) in [7, 11) is 1.59.